The number of hydrogen-bond donors (Lipinski definition) is 1. The molecule has 2 aromatic rings. The van der Waals surface area contributed by atoms with Gasteiger partial charge in [0.15, 0.2) is 0 Å². The number of carbonyl (C=O) groups is 1. The van der Waals surface area contributed by atoms with Gasteiger partial charge in [-0.1, -0.05) is 6.07 Å². The van der Waals surface area contributed by atoms with Crippen LogP contribution in [-0.2, 0) is 11.3 Å². The van der Waals surface area contributed by atoms with Crippen molar-refractivity contribution in [3.63, 3.8) is 0 Å². The third-order valence-corrected chi connectivity index (χ3v) is 5.32. The molecule has 0 bridgehead atoms. The normalized spacial score (nSPS) is 19.0. The van der Waals surface area contributed by atoms with Gasteiger partial charge in [0.05, 0.1) is 7.11 Å². The molecule has 1 aliphatic heterocycles. The fourth-order valence-electron chi connectivity index (χ4n) is 3.00. The molecule has 0 amide bonds. The van der Waals surface area contributed by atoms with Gasteiger partial charge < -0.3 is 9.84 Å². The van der Waals surface area contributed by atoms with E-state index in [9.17, 15) is 14.3 Å². The Bertz CT molecular complexity index is 700. The Balaban J connectivity index is 2.00. The number of halogens is 1. The number of fused-ring (bicyclic) bond motifs is 1. The van der Waals surface area contributed by atoms with Crippen molar-refractivity contribution in [1.29, 1.82) is 0 Å². The molecule has 0 spiro atoms. The van der Waals surface area contributed by atoms with Gasteiger partial charge in [-0.15, -0.1) is 11.3 Å². The van der Waals surface area contributed by atoms with E-state index < -0.39 is 5.97 Å². The first-order valence-electron chi connectivity index (χ1n) is 7.25. The Labute approximate surface area is 132 Å². The number of hydrogen-bond acceptors (Lipinski definition) is 5. The molecule has 22 heavy (non-hydrogen) atoms. The van der Waals surface area contributed by atoms with Crippen molar-refractivity contribution < 1.29 is 19.0 Å². The molecule has 0 radical (unpaired) electrons. The van der Waals surface area contributed by atoms with Crippen molar-refractivity contribution in [2.24, 2.45) is 5.92 Å². The fourth-order valence-corrected chi connectivity index (χ4v) is 4.15. The number of rotatable bonds is 4. The first-order chi connectivity index (χ1) is 10.6. The predicted octanol–water partition coefficient (Wildman–Crippen LogP) is 2.64. The van der Waals surface area contributed by atoms with Gasteiger partial charge in [0, 0.05) is 35.3 Å². The Morgan fingerprint density at radius 3 is 3.05 bits per heavy atom. The molecule has 1 atom stereocenters. The molecule has 118 valence electrons. The summed E-state index contributed by atoms with van der Waals surface area (Å²) < 4.78 is 19.8. The summed E-state index contributed by atoms with van der Waals surface area (Å²) in [6, 6.07) is 4.89. The van der Waals surface area contributed by atoms with Gasteiger partial charge in [0.25, 0.3) is 0 Å². The minimum Gasteiger partial charge on any atom is -0.465 e. The van der Waals surface area contributed by atoms with Gasteiger partial charge in [-0.3, -0.25) is 4.90 Å². The number of ether oxygens (including phenoxy) is 1. The summed E-state index contributed by atoms with van der Waals surface area (Å²) in [6.07, 6.45) is 0.925. The number of benzene rings is 1. The summed E-state index contributed by atoms with van der Waals surface area (Å²) in [7, 11) is 1.34. The molecule has 1 N–H and O–H groups in total. The highest BCUT2D eigenvalue weighted by atomic mass is 32.1. The molecule has 1 aromatic carbocycles. The van der Waals surface area contributed by atoms with E-state index >= 15 is 0 Å². The van der Waals surface area contributed by atoms with Crippen molar-refractivity contribution in [2.75, 3.05) is 26.8 Å². The lowest BCUT2D eigenvalue weighted by Gasteiger charge is -2.16. The van der Waals surface area contributed by atoms with E-state index in [1.54, 1.807) is 6.07 Å². The molecule has 3 rings (SSSR count). The van der Waals surface area contributed by atoms with Crippen LogP contribution in [0.5, 0.6) is 0 Å². The first-order valence-corrected chi connectivity index (χ1v) is 8.07. The van der Waals surface area contributed by atoms with Crippen LogP contribution in [-0.4, -0.2) is 42.8 Å². The van der Waals surface area contributed by atoms with Crippen molar-refractivity contribution in [1.82, 2.24) is 4.90 Å². The van der Waals surface area contributed by atoms with E-state index in [4.69, 9.17) is 4.74 Å². The maximum absolute atomic E-state index is 14.2. The van der Waals surface area contributed by atoms with Gasteiger partial charge in [-0.05, 0) is 31.0 Å². The number of aliphatic hydroxyl groups is 1. The van der Waals surface area contributed by atoms with E-state index in [1.165, 1.54) is 24.5 Å². The highest BCUT2D eigenvalue weighted by Crippen LogP contribution is 2.35. The summed E-state index contributed by atoms with van der Waals surface area (Å²) in [6.45, 7) is 2.28. The Hall–Kier alpha value is -1.50. The van der Waals surface area contributed by atoms with Crippen LogP contribution in [0, 0.1) is 11.7 Å². The van der Waals surface area contributed by atoms with Crippen LogP contribution in [0.1, 0.15) is 21.7 Å². The predicted molar refractivity (Wildman–Crippen MR) is 83.6 cm³/mol. The van der Waals surface area contributed by atoms with Crippen LogP contribution in [0.2, 0.25) is 0 Å². The number of methoxy groups -OCH3 is 1. The number of carbonyl (C=O) groups excluding carboxylic acids is 1. The number of likely N-dealkylation sites (tertiary alicyclic amines) is 1. The minimum atomic E-state index is -0.423. The van der Waals surface area contributed by atoms with E-state index in [0.717, 1.165) is 24.2 Å². The third kappa shape index (κ3) is 2.74. The summed E-state index contributed by atoms with van der Waals surface area (Å²) in [5.74, 6) is -0.471. The summed E-state index contributed by atoms with van der Waals surface area (Å²) in [5.41, 5.74) is 0.698. The second-order valence-electron chi connectivity index (χ2n) is 5.59. The van der Waals surface area contributed by atoms with Gasteiger partial charge in [0.2, 0.25) is 0 Å². The summed E-state index contributed by atoms with van der Waals surface area (Å²) >= 11 is 1.27. The van der Waals surface area contributed by atoms with E-state index in [1.807, 2.05) is 6.07 Å². The topological polar surface area (TPSA) is 49.8 Å². The second-order valence-corrected chi connectivity index (χ2v) is 6.64. The number of nitrogens with zero attached hydrogens (tertiary/aromatic N) is 1. The van der Waals surface area contributed by atoms with E-state index in [2.05, 4.69) is 4.90 Å². The number of aliphatic hydroxyl groups excluding tert-OH is 1. The van der Waals surface area contributed by atoms with Crippen molar-refractivity contribution >= 4 is 27.4 Å². The maximum atomic E-state index is 14.2. The zero-order valence-corrected chi connectivity index (χ0v) is 13.2. The monoisotopic (exact) mass is 323 g/mol. The molecular formula is C16H18FNO3S. The van der Waals surface area contributed by atoms with Gasteiger partial charge in [0.1, 0.15) is 10.7 Å². The van der Waals surface area contributed by atoms with E-state index in [0.29, 0.717) is 22.4 Å². The minimum absolute atomic E-state index is 0.166. The average molecular weight is 323 g/mol. The lowest BCUT2D eigenvalue weighted by molar-refractivity contribution is 0.0604. The number of thiophene rings is 1. The number of esters is 1. The second kappa shape index (κ2) is 6.32. The van der Waals surface area contributed by atoms with Crippen LogP contribution in [0.4, 0.5) is 4.39 Å². The lowest BCUT2D eigenvalue weighted by atomic mass is 10.1. The van der Waals surface area contributed by atoms with Gasteiger partial charge in [-0.25, -0.2) is 9.18 Å². The highest BCUT2D eigenvalue weighted by molar-refractivity contribution is 7.21. The standard InChI is InChI=1S/C16H18FNO3S/c1-21-16(20)15-11(8-18-6-5-10(7-18)9-19)14-12(17)3-2-4-13(14)22-15/h2-4,10,19H,5-9H2,1H3. The molecule has 6 heteroatoms. The lowest BCUT2D eigenvalue weighted by Crippen LogP contribution is -2.22. The molecule has 2 heterocycles. The molecule has 1 saturated heterocycles. The quantitative estimate of drug-likeness (QED) is 0.879. The van der Waals surface area contributed by atoms with Crippen molar-refractivity contribution in [3.05, 3.63) is 34.5 Å². The molecule has 0 saturated carbocycles. The van der Waals surface area contributed by atoms with E-state index in [-0.39, 0.29) is 18.3 Å². The SMILES string of the molecule is COC(=O)c1sc2cccc(F)c2c1CN1CCC(CO)C1. The van der Waals surface area contributed by atoms with Crippen LogP contribution in [0.25, 0.3) is 10.1 Å². The maximum Gasteiger partial charge on any atom is 0.348 e. The van der Waals surface area contributed by atoms with Crippen LogP contribution >= 0.6 is 11.3 Å². The smallest absolute Gasteiger partial charge is 0.348 e. The van der Waals surface area contributed by atoms with Gasteiger partial charge in [-0.2, -0.15) is 0 Å². The largest absolute Gasteiger partial charge is 0.465 e. The zero-order chi connectivity index (χ0) is 15.7. The molecule has 1 aliphatic rings. The van der Waals surface area contributed by atoms with Crippen LogP contribution in [0.3, 0.4) is 0 Å². The summed E-state index contributed by atoms with van der Waals surface area (Å²) in [5, 5.41) is 9.76. The van der Waals surface area contributed by atoms with Crippen molar-refractivity contribution in [2.45, 2.75) is 13.0 Å². The van der Waals surface area contributed by atoms with Crippen LogP contribution in [0.15, 0.2) is 18.2 Å². The summed E-state index contributed by atoms with van der Waals surface area (Å²) in [4.78, 5) is 14.6. The fraction of sp³-hybridized carbons (Fsp3) is 0.438. The molecule has 1 fully saturated rings. The first kappa shape index (κ1) is 15.4. The molecular weight excluding hydrogens is 305 g/mol. The van der Waals surface area contributed by atoms with Gasteiger partial charge >= 0.3 is 5.97 Å². The van der Waals surface area contributed by atoms with Crippen LogP contribution < -0.4 is 0 Å². The Morgan fingerprint density at radius 2 is 2.36 bits per heavy atom. The Kier molecular flexibility index (Phi) is 4.42. The Morgan fingerprint density at radius 1 is 1.55 bits per heavy atom. The third-order valence-electron chi connectivity index (χ3n) is 4.14. The molecule has 1 aromatic heterocycles. The average Bonchev–Trinajstić information content (AvgIpc) is 3.12. The zero-order valence-electron chi connectivity index (χ0n) is 12.3. The van der Waals surface area contributed by atoms with Crippen molar-refractivity contribution in [3.8, 4) is 0 Å². The molecule has 0 aliphatic carbocycles. The highest BCUT2D eigenvalue weighted by Gasteiger charge is 2.27. The molecule has 1 unspecified atom stereocenters. The molecule has 4 nitrogen and oxygen atoms in total.